The predicted octanol–water partition coefficient (Wildman–Crippen LogP) is 3.29. The number of hydrogen-bond acceptors (Lipinski definition) is 2. The number of benzene rings is 2. The summed E-state index contributed by atoms with van der Waals surface area (Å²) in [6.45, 7) is 0. The average Bonchev–Trinajstić information content (AvgIpc) is 3.33. The number of nitrogens with one attached hydrogen (secondary N) is 1. The Morgan fingerprint density at radius 1 is 1.14 bits per heavy atom. The van der Waals surface area contributed by atoms with Crippen molar-refractivity contribution in [3.8, 4) is 0 Å². The Kier molecular flexibility index (Phi) is 3.60. The van der Waals surface area contributed by atoms with Gasteiger partial charge in [-0.2, -0.15) is 0 Å². The van der Waals surface area contributed by atoms with Crippen LogP contribution in [-0.4, -0.2) is 5.91 Å². The molecule has 4 heteroatoms. The molecule has 1 saturated carbocycles. The highest BCUT2D eigenvalue weighted by Crippen LogP contribution is 2.41. The maximum absolute atomic E-state index is 13.5. The number of carbonyl (C=O) groups excluding carboxylic acids is 1. The molecule has 1 aliphatic rings. The van der Waals surface area contributed by atoms with Crippen molar-refractivity contribution in [3.63, 3.8) is 0 Å². The number of nitrogens with two attached hydrogens (primary N) is 1. The van der Waals surface area contributed by atoms with Gasteiger partial charge in [0.15, 0.2) is 0 Å². The Hall–Kier alpha value is -2.36. The second-order valence-electron chi connectivity index (χ2n) is 5.40. The fourth-order valence-electron chi connectivity index (χ4n) is 2.52. The standard InChI is InChI=1S/C17H17FN2O/c18-14-8-4-7-13(15(14)19)17(21)20-16(12-9-10-12)11-5-2-1-3-6-11/h1-8,12,16H,9-10,19H2,(H,20,21). The molecule has 1 unspecified atom stereocenters. The zero-order valence-electron chi connectivity index (χ0n) is 11.6. The van der Waals surface area contributed by atoms with E-state index < -0.39 is 5.82 Å². The fourth-order valence-corrected chi connectivity index (χ4v) is 2.52. The molecule has 21 heavy (non-hydrogen) atoms. The van der Waals surface area contributed by atoms with Crippen molar-refractivity contribution in [1.29, 1.82) is 0 Å². The second kappa shape index (κ2) is 5.56. The van der Waals surface area contributed by atoms with E-state index >= 15 is 0 Å². The summed E-state index contributed by atoms with van der Waals surface area (Å²) in [5.41, 5.74) is 6.82. The molecule has 3 N–H and O–H groups in total. The predicted molar refractivity (Wildman–Crippen MR) is 80.2 cm³/mol. The number of hydrogen-bond donors (Lipinski definition) is 2. The van der Waals surface area contributed by atoms with Crippen molar-refractivity contribution in [2.45, 2.75) is 18.9 Å². The van der Waals surface area contributed by atoms with E-state index in [4.69, 9.17) is 5.73 Å². The van der Waals surface area contributed by atoms with Crippen LogP contribution in [0.25, 0.3) is 0 Å². The van der Waals surface area contributed by atoms with Gasteiger partial charge in [-0.05, 0) is 36.5 Å². The Balaban J connectivity index is 1.83. The summed E-state index contributed by atoms with van der Waals surface area (Å²) >= 11 is 0. The van der Waals surface area contributed by atoms with Crippen molar-refractivity contribution < 1.29 is 9.18 Å². The van der Waals surface area contributed by atoms with Gasteiger partial charge < -0.3 is 11.1 Å². The van der Waals surface area contributed by atoms with Crippen LogP contribution in [0.5, 0.6) is 0 Å². The van der Waals surface area contributed by atoms with Gasteiger partial charge in [0.25, 0.3) is 5.91 Å². The smallest absolute Gasteiger partial charge is 0.253 e. The van der Waals surface area contributed by atoms with Crippen LogP contribution >= 0.6 is 0 Å². The van der Waals surface area contributed by atoms with Crippen molar-refractivity contribution in [3.05, 3.63) is 65.5 Å². The van der Waals surface area contributed by atoms with E-state index in [2.05, 4.69) is 5.32 Å². The maximum Gasteiger partial charge on any atom is 0.253 e. The van der Waals surface area contributed by atoms with Gasteiger partial charge in [0, 0.05) is 0 Å². The summed E-state index contributed by atoms with van der Waals surface area (Å²) in [7, 11) is 0. The first-order valence-electron chi connectivity index (χ1n) is 7.06. The number of amides is 1. The summed E-state index contributed by atoms with van der Waals surface area (Å²) in [6.07, 6.45) is 2.19. The summed E-state index contributed by atoms with van der Waals surface area (Å²) in [6, 6.07) is 14.1. The van der Waals surface area contributed by atoms with Gasteiger partial charge in [-0.25, -0.2) is 4.39 Å². The molecule has 108 valence electrons. The molecule has 0 radical (unpaired) electrons. The van der Waals surface area contributed by atoms with E-state index in [1.54, 1.807) is 6.07 Å². The lowest BCUT2D eigenvalue weighted by atomic mass is 10.0. The molecule has 0 saturated heterocycles. The van der Waals surface area contributed by atoms with E-state index in [0.717, 1.165) is 18.4 Å². The van der Waals surface area contributed by atoms with Crippen molar-refractivity contribution >= 4 is 11.6 Å². The zero-order valence-corrected chi connectivity index (χ0v) is 11.6. The minimum Gasteiger partial charge on any atom is -0.396 e. The topological polar surface area (TPSA) is 55.1 Å². The SMILES string of the molecule is Nc1c(F)cccc1C(=O)NC(c1ccccc1)C1CC1. The number of para-hydroxylation sites is 1. The monoisotopic (exact) mass is 284 g/mol. The Labute approximate surface area is 123 Å². The first kappa shape index (κ1) is 13.6. The van der Waals surface area contributed by atoms with Crippen LogP contribution in [-0.2, 0) is 0 Å². The highest BCUT2D eigenvalue weighted by atomic mass is 19.1. The molecule has 2 aromatic carbocycles. The van der Waals surface area contributed by atoms with Crippen LogP contribution in [0.15, 0.2) is 48.5 Å². The quantitative estimate of drug-likeness (QED) is 0.846. The molecule has 2 aromatic rings. The third kappa shape index (κ3) is 2.89. The third-order valence-corrected chi connectivity index (χ3v) is 3.84. The van der Waals surface area contributed by atoms with Crippen LogP contribution in [0.2, 0.25) is 0 Å². The number of halogens is 1. The molecular weight excluding hydrogens is 267 g/mol. The summed E-state index contributed by atoms with van der Waals surface area (Å²) in [5, 5.41) is 2.99. The number of rotatable bonds is 4. The minimum absolute atomic E-state index is 0.0404. The molecule has 1 fully saturated rings. The number of carbonyl (C=O) groups is 1. The Bertz CT molecular complexity index is 653. The molecule has 3 rings (SSSR count). The summed E-state index contributed by atoms with van der Waals surface area (Å²) in [4.78, 5) is 12.4. The molecule has 0 heterocycles. The van der Waals surface area contributed by atoms with Gasteiger partial charge in [-0.15, -0.1) is 0 Å². The molecule has 0 aliphatic heterocycles. The lowest BCUT2D eigenvalue weighted by molar-refractivity contribution is 0.0932. The third-order valence-electron chi connectivity index (χ3n) is 3.84. The van der Waals surface area contributed by atoms with E-state index in [9.17, 15) is 9.18 Å². The van der Waals surface area contributed by atoms with Gasteiger partial charge >= 0.3 is 0 Å². The number of anilines is 1. The Morgan fingerprint density at radius 3 is 2.52 bits per heavy atom. The molecule has 1 amide bonds. The molecule has 0 spiro atoms. The minimum atomic E-state index is -0.565. The van der Waals surface area contributed by atoms with Crippen LogP contribution in [0, 0.1) is 11.7 Å². The second-order valence-corrected chi connectivity index (χ2v) is 5.40. The summed E-state index contributed by atoms with van der Waals surface area (Å²) < 4.78 is 13.5. The van der Waals surface area contributed by atoms with E-state index in [1.807, 2.05) is 30.3 Å². The molecule has 1 atom stereocenters. The molecule has 0 bridgehead atoms. The first-order chi connectivity index (χ1) is 10.2. The molecule has 0 aromatic heterocycles. The van der Waals surface area contributed by atoms with Crippen molar-refractivity contribution in [1.82, 2.24) is 5.32 Å². The van der Waals surface area contributed by atoms with Crippen LogP contribution in [0.3, 0.4) is 0 Å². The average molecular weight is 284 g/mol. The van der Waals surface area contributed by atoms with E-state index in [1.165, 1.54) is 12.1 Å². The number of nitrogen functional groups attached to an aromatic ring is 1. The maximum atomic E-state index is 13.5. The highest BCUT2D eigenvalue weighted by Gasteiger charge is 2.33. The van der Waals surface area contributed by atoms with Crippen molar-refractivity contribution in [2.75, 3.05) is 5.73 Å². The summed E-state index contributed by atoms with van der Waals surface area (Å²) in [5.74, 6) is -0.441. The van der Waals surface area contributed by atoms with E-state index in [-0.39, 0.29) is 23.2 Å². The van der Waals surface area contributed by atoms with Gasteiger partial charge in [0.2, 0.25) is 0 Å². The lowest BCUT2D eigenvalue weighted by Crippen LogP contribution is -2.30. The highest BCUT2D eigenvalue weighted by molar-refractivity contribution is 5.99. The molecule has 3 nitrogen and oxygen atoms in total. The molecule has 1 aliphatic carbocycles. The van der Waals surface area contributed by atoms with Gasteiger partial charge in [-0.1, -0.05) is 36.4 Å². The largest absolute Gasteiger partial charge is 0.396 e. The van der Waals surface area contributed by atoms with Crippen LogP contribution in [0.4, 0.5) is 10.1 Å². The van der Waals surface area contributed by atoms with Crippen LogP contribution < -0.4 is 11.1 Å². The zero-order chi connectivity index (χ0) is 14.8. The first-order valence-corrected chi connectivity index (χ1v) is 7.06. The fraction of sp³-hybridized carbons (Fsp3) is 0.235. The normalized spacial score (nSPS) is 15.5. The van der Waals surface area contributed by atoms with Gasteiger partial charge in [0.05, 0.1) is 17.3 Å². The Morgan fingerprint density at radius 2 is 1.86 bits per heavy atom. The lowest BCUT2D eigenvalue weighted by Gasteiger charge is -2.19. The van der Waals surface area contributed by atoms with Crippen LogP contribution in [0.1, 0.15) is 34.8 Å². The molecular formula is C17H17FN2O. The van der Waals surface area contributed by atoms with Crippen molar-refractivity contribution in [2.24, 2.45) is 5.92 Å². The van der Waals surface area contributed by atoms with Gasteiger partial charge in [0.1, 0.15) is 5.82 Å². The van der Waals surface area contributed by atoms with Gasteiger partial charge in [-0.3, -0.25) is 4.79 Å². The van der Waals surface area contributed by atoms with E-state index in [0.29, 0.717) is 5.92 Å².